The maximum absolute atomic E-state index is 5.64. The van der Waals surface area contributed by atoms with Gasteiger partial charge in [-0.3, -0.25) is 0 Å². The third kappa shape index (κ3) is 1.18. The molecule has 68 valence electrons. The van der Waals surface area contributed by atoms with E-state index in [-0.39, 0.29) is 0 Å². The molecule has 0 saturated carbocycles. The predicted octanol–water partition coefficient (Wildman–Crippen LogP) is 0.496. The molecule has 0 amide bonds. The van der Waals surface area contributed by atoms with E-state index < -0.39 is 0 Å². The van der Waals surface area contributed by atoms with Crippen LogP contribution < -0.4 is 5.73 Å². The van der Waals surface area contributed by atoms with Gasteiger partial charge >= 0.3 is 0 Å². The maximum atomic E-state index is 5.64. The van der Waals surface area contributed by atoms with Gasteiger partial charge in [-0.15, -0.1) is 5.10 Å². The molecule has 2 rings (SSSR count). The van der Waals surface area contributed by atoms with Gasteiger partial charge in [-0.25, -0.2) is 9.67 Å². The first kappa shape index (κ1) is 7.85. The minimum atomic E-state index is 0.557. The molecule has 0 unspecified atom stereocenters. The summed E-state index contributed by atoms with van der Waals surface area (Å²) in [5.41, 5.74) is 6.61. The average Bonchev–Trinajstić information content (AvgIpc) is 2.60. The first-order valence-electron chi connectivity index (χ1n) is 3.97. The first-order valence-corrected chi connectivity index (χ1v) is 3.97. The van der Waals surface area contributed by atoms with Gasteiger partial charge in [0.15, 0.2) is 5.82 Å². The lowest BCUT2D eigenvalue weighted by Gasteiger charge is -1.99. The molecule has 0 atom stereocenters. The number of hydrogen-bond acceptors (Lipinski definition) is 3. The fraction of sp³-hybridized carbons (Fsp3) is 0.250. The summed E-state index contributed by atoms with van der Waals surface area (Å²) in [4.78, 5) is 4.00. The zero-order valence-electron chi connectivity index (χ0n) is 7.60. The molecule has 0 radical (unpaired) electrons. The molecule has 0 aliphatic rings. The van der Waals surface area contributed by atoms with E-state index in [0.717, 1.165) is 11.4 Å². The molecule has 0 bridgehead atoms. The van der Waals surface area contributed by atoms with E-state index in [1.165, 1.54) is 0 Å². The Morgan fingerprint density at radius 1 is 1.46 bits per heavy atom. The van der Waals surface area contributed by atoms with Crippen LogP contribution in [0.1, 0.15) is 5.56 Å². The van der Waals surface area contributed by atoms with E-state index in [1.807, 2.05) is 24.7 Å². The lowest BCUT2D eigenvalue weighted by atomic mass is 10.4. The number of nitrogens with two attached hydrogens (primary N) is 1. The summed E-state index contributed by atoms with van der Waals surface area (Å²) in [5, 5.41) is 4.15. The van der Waals surface area contributed by atoms with Crippen LogP contribution in [0.15, 0.2) is 18.7 Å². The zero-order chi connectivity index (χ0) is 9.42. The molecule has 2 aromatic rings. The molecule has 2 heterocycles. The van der Waals surface area contributed by atoms with Gasteiger partial charge in [0.1, 0.15) is 5.82 Å². The number of rotatable bonds is 1. The van der Waals surface area contributed by atoms with Crippen molar-refractivity contribution in [2.24, 2.45) is 7.05 Å². The van der Waals surface area contributed by atoms with Crippen molar-refractivity contribution in [3.05, 3.63) is 24.3 Å². The lowest BCUT2D eigenvalue weighted by molar-refractivity contribution is 0.775. The van der Waals surface area contributed by atoms with E-state index in [4.69, 9.17) is 5.73 Å². The number of nitrogen functional groups attached to an aromatic ring is 1. The normalized spacial score (nSPS) is 10.6. The Morgan fingerprint density at radius 3 is 2.69 bits per heavy atom. The van der Waals surface area contributed by atoms with Gasteiger partial charge < -0.3 is 10.3 Å². The van der Waals surface area contributed by atoms with Crippen LogP contribution in [0.3, 0.4) is 0 Å². The minimum Gasteiger partial charge on any atom is -0.382 e. The van der Waals surface area contributed by atoms with Crippen LogP contribution in [0.25, 0.3) is 5.82 Å². The molecule has 0 aromatic carbocycles. The molecule has 0 saturated heterocycles. The van der Waals surface area contributed by atoms with Crippen molar-refractivity contribution in [3.63, 3.8) is 0 Å². The quantitative estimate of drug-likeness (QED) is 0.689. The highest BCUT2D eigenvalue weighted by molar-refractivity contribution is 5.38. The number of anilines is 1. The largest absolute Gasteiger partial charge is 0.382 e. The molecule has 0 fully saturated rings. The van der Waals surface area contributed by atoms with E-state index in [2.05, 4.69) is 10.1 Å². The smallest absolute Gasteiger partial charge is 0.153 e. The Bertz CT molecular complexity index is 406. The van der Waals surface area contributed by atoms with Crippen LogP contribution in [0.2, 0.25) is 0 Å². The third-order valence-electron chi connectivity index (χ3n) is 1.96. The molecular formula is C8H11N5. The molecule has 2 N–H and O–H groups in total. The highest BCUT2D eigenvalue weighted by Crippen LogP contribution is 2.11. The first-order chi connectivity index (χ1) is 6.18. The number of aromatic nitrogens is 4. The van der Waals surface area contributed by atoms with Gasteiger partial charge in [-0.05, 0) is 6.92 Å². The van der Waals surface area contributed by atoms with Crippen LogP contribution >= 0.6 is 0 Å². The maximum Gasteiger partial charge on any atom is 0.153 e. The Labute approximate surface area is 75.8 Å². The Morgan fingerprint density at radius 2 is 2.23 bits per heavy atom. The van der Waals surface area contributed by atoms with Gasteiger partial charge in [0.2, 0.25) is 0 Å². The molecule has 13 heavy (non-hydrogen) atoms. The standard InChI is InChI=1S/C8H11N5/c1-6-4-13(11-8(6)9)7-3-10-5-12(7)2/h3-5H,1-2H3,(H2,9,11). The van der Waals surface area contributed by atoms with Crippen molar-refractivity contribution in [1.82, 2.24) is 19.3 Å². The van der Waals surface area contributed by atoms with Crippen molar-refractivity contribution in [1.29, 1.82) is 0 Å². The van der Waals surface area contributed by atoms with Crippen LogP contribution in [-0.2, 0) is 7.05 Å². The van der Waals surface area contributed by atoms with Crippen molar-refractivity contribution in [2.75, 3.05) is 5.73 Å². The van der Waals surface area contributed by atoms with E-state index in [0.29, 0.717) is 5.82 Å². The SMILES string of the molecule is Cc1cn(-c2cncn2C)nc1N. The fourth-order valence-electron chi connectivity index (χ4n) is 1.16. The topological polar surface area (TPSA) is 61.7 Å². The lowest BCUT2D eigenvalue weighted by Crippen LogP contribution is -2.01. The van der Waals surface area contributed by atoms with Gasteiger partial charge in [-0.2, -0.15) is 0 Å². The second kappa shape index (κ2) is 2.62. The van der Waals surface area contributed by atoms with Crippen molar-refractivity contribution in [3.8, 4) is 5.82 Å². The summed E-state index contributed by atoms with van der Waals surface area (Å²) >= 11 is 0. The second-order valence-corrected chi connectivity index (χ2v) is 3.00. The van der Waals surface area contributed by atoms with Crippen LogP contribution in [0.4, 0.5) is 5.82 Å². The summed E-state index contributed by atoms with van der Waals surface area (Å²) in [6.07, 6.45) is 5.35. The molecule has 0 spiro atoms. The second-order valence-electron chi connectivity index (χ2n) is 3.00. The zero-order valence-corrected chi connectivity index (χ0v) is 7.60. The predicted molar refractivity (Wildman–Crippen MR) is 49.5 cm³/mol. The number of imidazole rings is 1. The van der Waals surface area contributed by atoms with Gasteiger partial charge in [0.25, 0.3) is 0 Å². The van der Waals surface area contributed by atoms with Gasteiger partial charge in [0, 0.05) is 18.8 Å². The molecule has 0 aliphatic carbocycles. The molecule has 5 heteroatoms. The Hall–Kier alpha value is -1.78. The Kier molecular flexibility index (Phi) is 1.58. The Balaban J connectivity index is 2.53. The highest BCUT2D eigenvalue weighted by Gasteiger charge is 2.05. The van der Waals surface area contributed by atoms with E-state index >= 15 is 0 Å². The summed E-state index contributed by atoms with van der Waals surface area (Å²) in [6, 6.07) is 0. The van der Waals surface area contributed by atoms with Crippen molar-refractivity contribution >= 4 is 5.82 Å². The molecule has 2 aromatic heterocycles. The van der Waals surface area contributed by atoms with Crippen molar-refractivity contribution < 1.29 is 0 Å². The van der Waals surface area contributed by atoms with Gasteiger partial charge in [0.05, 0.1) is 12.5 Å². The monoisotopic (exact) mass is 177 g/mol. The highest BCUT2D eigenvalue weighted by atomic mass is 15.4. The summed E-state index contributed by atoms with van der Waals surface area (Å²) < 4.78 is 3.60. The summed E-state index contributed by atoms with van der Waals surface area (Å²) in [5.74, 6) is 1.46. The fourth-order valence-corrected chi connectivity index (χ4v) is 1.16. The minimum absolute atomic E-state index is 0.557. The molecule has 5 nitrogen and oxygen atoms in total. The van der Waals surface area contributed by atoms with Crippen molar-refractivity contribution in [2.45, 2.75) is 6.92 Å². The molecule has 0 aliphatic heterocycles. The number of hydrogen-bond donors (Lipinski definition) is 1. The van der Waals surface area contributed by atoms with Gasteiger partial charge in [-0.1, -0.05) is 0 Å². The number of nitrogens with zero attached hydrogens (tertiary/aromatic N) is 4. The van der Waals surface area contributed by atoms with E-state index in [1.54, 1.807) is 17.2 Å². The van der Waals surface area contributed by atoms with Crippen LogP contribution in [-0.4, -0.2) is 19.3 Å². The summed E-state index contributed by atoms with van der Waals surface area (Å²) in [6.45, 7) is 1.93. The number of aryl methyl sites for hydroxylation is 2. The average molecular weight is 177 g/mol. The summed E-state index contributed by atoms with van der Waals surface area (Å²) in [7, 11) is 1.91. The van der Waals surface area contributed by atoms with Crippen LogP contribution in [0, 0.1) is 6.92 Å². The third-order valence-corrected chi connectivity index (χ3v) is 1.96. The van der Waals surface area contributed by atoms with Crippen LogP contribution in [0.5, 0.6) is 0 Å². The molecular weight excluding hydrogens is 166 g/mol. The van der Waals surface area contributed by atoms with E-state index in [9.17, 15) is 0 Å².